The Morgan fingerprint density at radius 1 is 1.05 bits per heavy atom. The quantitative estimate of drug-likeness (QED) is 0.909. The number of aryl methyl sites for hydroxylation is 1. The van der Waals surface area contributed by atoms with Gasteiger partial charge in [-0.1, -0.05) is 42.5 Å². The SMILES string of the molecule is CC(=O)N(C)Cc1ccccc1NCc1ccccc1C. The molecule has 0 radical (unpaired) electrons. The summed E-state index contributed by atoms with van der Waals surface area (Å²) in [6.45, 7) is 5.11. The number of amides is 1. The first-order valence-electron chi connectivity index (χ1n) is 7.16. The minimum absolute atomic E-state index is 0.0729. The number of hydrogen-bond acceptors (Lipinski definition) is 2. The van der Waals surface area contributed by atoms with Gasteiger partial charge in [-0.05, 0) is 29.7 Å². The second-order valence-corrected chi connectivity index (χ2v) is 5.31. The smallest absolute Gasteiger partial charge is 0.219 e. The molecule has 0 aromatic heterocycles. The van der Waals surface area contributed by atoms with Crippen LogP contribution in [0.25, 0.3) is 0 Å². The Morgan fingerprint density at radius 2 is 1.67 bits per heavy atom. The van der Waals surface area contributed by atoms with E-state index < -0.39 is 0 Å². The van der Waals surface area contributed by atoms with Crippen LogP contribution < -0.4 is 5.32 Å². The van der Waals surface area contributed by atoms with Gasteiger partial charge in [-0.15, -0.1) is 0 Å². The highest BCUT2D eigenvalue weighted by Crippen LogP contribution is 2.18. The van der Waals surface area contributed by atoms with Crippen LogP contribution in [-0.2, 0) is 17.9 Å². The summed E-state index contributed by atoms with van der Waals surface area (Å²) in [5.74, 6) is 0.0729. The van der Waals surface area contributed by atoms with Crippen LogP contribution in [0.2, 0.25) is 0 Å². The first-order chi connectivity index (χ1) is 10.1. The summed E-state index contributed by atoms with van der Waals surface area (Å²) in [6, 6.07) is 16.5. The molecule has 0 atom stereocenters. The van der Waals surface area contributed by atoms with E-state index in [1.165, 1.54) is 11.1 Å². The van der Waals surface area contributed by atoms with Gasteiger partial charge < -0.3 is 10.2 Å². The monoisotopic (exact) mass is 282 g/mol. The molecule has 0 aliphatic carbocycles. The molecule has 0 spiro atoms. The van der Waals surface area contributed by atoms with Crippen molar-refractivity contribution >= 4 is 11.6 Å². The molecule has 110 valence electrons. The van der Waals surface area contributed by atoms with Crippen LogP contribution in [-0.4, -0.2) is 17.9 Å². The molecule has 0 bridgehead atoms. The summed E-state index contributed by atoms with van der Waals surface area (Å²) < 4.78 is 0. The summed E-state index contributed by atoms with van der Waals surface area (Å²) in [5, 5.41) is 3.48. The maximum absolute atomic E-state index is 11.4. The number of nitrogens with one attached hydrogen (secondary N) is 1. The molecule has 2 aromatic rings. The number of hydrogen-bond donors (Lipinski definition) is 1. The van der Waals surface area contributed by atoms with Crippen LogP contribution in [0, 0.1) is 6.92 Å². The number of benzene rings is 2. The van der Waals surface area contributed by atoms with Gasteiger partial charge in [0.05, 0.1) is 0 Å². The van der Waals surface area contributed by atoms with Gasteiger partial charge in [0.2, 0.25) is 5.91 Å². The van der Waals surface area contributed by atoms with Gasteiger partial charge in [0.25, 0.3) is 0 Å². The zero-order chi connectivity index (χ0) is 15.2. The third kappa shape index (κ3) is 4.09. The Hall–Kier alpha value is -2.29. The topological polar surface area (TPSA) is 32.3 Å². The highest BCUT2D eigenvalue weighted by Gasteiger charge is 2.07. The summed E-state index contributed by atoms with van der Waals surface area (Å²) >= 11 is 0. The van der Waals surface area contributed by atoms with Gasteiger partial charge in [-0.25, -0.2) is 0 Å². The zero-order valence-corrected chi connectivity index (χ0v) is 12.9. The fourth-order valence-corrected chi connectivity index (χ4v) is 2.20. The molecule has 1 N–H and O–H groups in total. The lowest BCUT2D eigenvalue weighted by molar-refractivity contribution is -0.128. The van der Waals surface area contributed by atoms with Crippen molar-refractivity contribution in [3.05, 3.63) is 65.2 Å². The van der Waals surface area contributed by atoms with E-state index in [4.69, 9.17) is 0 Å². The van der Waals surface area contributed by atoms with Crippen molar-refractivity contribution in [1.82, 2.24) is 4.90 Å². The first kappa shape index (κ1) is 15.1. The van der Waals surface area contributed by atoms with E-state index in [1.807, 2.05) is 19.2 Å². The van der Waals surface area contributed by atoms with E-state index in [2.05, 4.69) is 48.6 Å². The van der Waals surface area contributed by atoms with Crippen LogP contribution >= 0.6 is 0 Å². The number of rotatable bonds is 5. The van der Waals surface area contributed by atoms with Crippen molar-refractivity contribution in [2.75, 3.05) is 12.4 Å². The average molecular weight is 282 g/mol. The molecule has 3 heteroatoms. The van der Waals surface area contributed by atoms with E-state index in [-0.39, 0.29) is 5.91 Å². The van der Waals surface area contributed by atoms with Gasteiger partial charge in [0, 0.05) is 32.7 Å². The second-order valence-electron chi connectivity index (χ2n) is 5.31. The highest BCUT2D eigenvalue weighted by atomic mass is 16.2. The summed E-state index contributed by atoms with van der Waals surface area (Å²) in [7, 11) is 1.82. The van der Waals surface area contributed by atoms with Crippen molar-refractivity contribution in [2.45, 2.75) is 26.9 Å². The van der Waals surface area contributed by atoms with Crippen LogP contribution in [0.15, 0.2) is 48.5 Å². The minimum atomic E-state index is 0.0729. The third-order valence-corrected chi connectivity index (χ3v) is 3.69. The van der Waals surface area contributed by atoms with Crippen molar-refractivity contribution in [2.24, 2.45) is 0 Å². The molecule has 2 aromatic carbocycles. The fraction of sp³-hybridized carbons (Fsp3) is 0.278. The lowest BCUT2D eigenvalue weighted by Crippen LogP contribution is -2.23. The third-order valence-electron chi connectivity index (χ3n) is 3.69. The van der Waals surface area contributed by atoms with Crippen LogP contribution in [0.5, 0.6) is 0 Å². The average Bonchev–Trinajstić information content (AvgIpc) is 2.47. The maximum atomic E-state index is 11.4. The molecule has 3 nitrogen and oxygen atoms in total. The second kappa shape index (κ2) is 6.93. The van der Waals surface area contributed by atoms with Crippen molar-refractivity contribution < 1.29 is 4.79 Å². The molecule has 0 aliphatic heterocycles. The van der Waals surface area contributed by atoms with Crippen molar-refractivity contribution in [1.29, 1.82) is 0 Å². The van der Waals surface area contributed by atoms with Gasteiger partial charge in [0.15, 0.2) is 0 Å². The number of para-hydroxylation sites is 1. The molecule has 21 heavy (non-hydrogen) atoms. The van der Waals surface area contributed by atoms with Crippen molar-refractivity contribution in [3.8, 4) is 0 Å². The highest BCUT2D eigenvalue weighted by molar-refractivity contribution is 5.73. The van der Waals surface area contributed by atoms with Gasteiger partial charge in [-0.3, -0.25) is 4.79 Å². The van der Waals surface area contributed by atoms with Gasteiger partial charge in [0.1, 0.15) is 0 Å². The molecular weight excluding hydrogens is 260 g/mol. The molecule has 1 amide bonds. The molecule has 0 fully saturated rings. The molecule has 0 saturated carbocycles. The summed E-state index contributed by atoms with van der Waals surface area (Å²) in [6.07, 6.45) is 0. The molecule has 0 aliphatic rings. The Labute approximate surface area is 126 Å². The van der Waals surface area contributed by atoms with E-state index in [9.17, 15) is 4.79 Å². The number of carbonyl (C=O) groups is 1. The zero-order valence-electron chi connectivity index (χ0n) is 12.9. The number of nitrogens with zero attached hydrogens (tertiary/aromatic N) is 1. The van der Waals surface area contributed by atoms with Crippen LogP contribution in [0.3, 0.4) is 0 Å². The Balaban J connectivity index is 2.10. The molecular formula is C18H22N2O. The van der Waals surface area contributed by atoms with Crippen LogP contribution in [0.4, 0.5) is 5.69 Å². The van der Waals surface area contributed by atoms with E-state index in [0.29, 0.717) is 6.54 Å². The number of anilines is 1. The molecule has 0 heterocycles. The Morgan fingerprint density at radius 3 is 2.33 bits per heavy atom. The van der Waals surface area contributed by atoms with E-state index in [0.717, 1.165) is 17.8 Å². The Kier molecular flexibility index (Phi) is 4.99. The van der Waals surface area contributed by atoms with Gasteiger partial charge >= 0.3 is 0 Å². The lowest BCUT2D eigenvalue weighted by atomic mass is 10.1. The standard InChI is InChI=1S/C18H22N2O/c1-14-8-4-5-9-16(14)12-19-18-11-7-6-10-17(18)13-20(3)15(2)21/h4-11,19H,12-13H2,1-3H3. The normalized spacial score (nSPS) is 10.2. The first-order valence-corrected chi connectivity index (χ1v) is 7.16. The maximum Gasteiger partial charge on any atom is 0.219 e. The fourth-order valence-electron chi connectivity index (χ4n) is 2.20. The Bertz CT molecular complexity index is 622. The van der Waals surface area contributed by atoms with Crippen LogP contribution in [0.1, 0.15) is 23.6 Å². The van der Waals surface area contributed by atoms with Gasteiger partial charge in [-0.2, -0.15) is 0 Å². The predicted octanol–water partition coefficient (Wildman–Crippen LogP) is 3.59. The van der Waals surface area contributed by atoms with Crippen molar-refractivity contribution in [3.63, 3.8) is 0 Å². The summed E-state index contributed by atoms with van der Waals surface area (Å²) in [4.78, 5) is 13.1. The predicted molar refractivity (Wildman–Crippen MR) is 87.1 cm³/mol. The molecule has 2 rings (SSSR count). The van der Waals surface area contributed by atoms with E-state index >= 15 is 0 Å². The minimum Gasteiger partial charge on any atom is -0.381 e. The lowest BCUT2D eigenvalue weighted by Gasteiger charge is -2.18. The summed E-state index contributed by atoms with van der Waals surface area (Å²) in [5.41, 5.74) is 4.77. The molecule has 0 unspecified atom stereocenters. The largest absolute Gasteiger partial charge is 0.381 e. The molecule has 0 saturated heterocycles. The van der Waals surface area contributed by atoms with E-state index in [1.54, 1.807) is 11.8 Å². The number of carbonyl (C=O) groups excluding carboxylic acids is 1.